The summed E-state index contributed by atoms with van der Waals surface area (Å²) >= 11 is 1.49. The van der Waals surface area contributed by atoms with E-state index >= 15 is 0 Å². The van der Waals surface area contributed by atoms with Gasteiger partial charge in [-0.25, -0.2) is 0 Å². The molecule has 0 atom stereocenters. The summed E-state index contributed by atoms with van der Waals surface area (Å²) in [6.07, 6.45) is 0. The van der Waals surface area contributed by atoms with E-state index in [0.717, 1.165) is 20.7 Å². The number of hydrogen-bond acceptors (Lipinski definition) is 3. The molecule has 0 aliphatic rings. The smallest absolute Gasteiger partial charge is 0.110 e. The van der Waals surface area contributed by atoms with E-state index in [1.165, 1.54) is 11.3 Å². The highest BCUT2D eigenvalue weighted by Gasteiger charge is 1.99. The van der Waals surface area contributed by atoms with Crippen LogP contribution in [0.15, 0.2) is 24.3 Å². The number of rotatable bonds is 0. The van der Waals surface area contributed by atoms with E-state index in [1.54, 1.807) is 0 Å². The topological polar surface area (TPSA) is 49.8 Å². The zero-order valence-corrected chi connectivity index (χ0v) is 7.06. The number of anilines is 1. The Morgan fingerprint density at radius 1 is 1.33 bits per heavy atom. The maximum Gasteiger partial charge on any atom is 0.110 e. The van der Waals surface area contributed by atoms with Gasteiger partial charge in [-0.2, -0.15) is 5.26 Å². The predicted octanol–water partition coefficient (Wildman–Crippen LogP) is 2.36. The van der Waals surface area contributed by atoms with Gasteiger partial charge >= 0.3 is 0 Å². The summed E-state index contributed by atoms with van der Waals surface area (Å²) in [6, 6.07) is 9.64. The third-order valence-corrected chi connectivity index (χ3v) is 2.67. The monoisotopic (exact) mass is 174 g/mol. The molecule has 2 N–H and O–H groups in total. The highest BCUT2D eigenvalue weighted by atomic mass is 32.1. The van der Waals surface area contributed by atoms with Crippen LogP contribution in [0.4, 0.5) is 5.69 Å². The largest absolute Gasteiger partial charge is 0.399 e. The zero-order chi connectivity index (χ0) is 8.55. The lowest BCUT2D eigenvalue weighted by Crippen LogP contribution is -1.80. The third-order valence-electron chi connectivity index (χ3n) is 1.65. The molecule has 0 radical (unpaired) electrons. The van der Waals surface area contributed by atoms with Crippen LogP contribution in [0.1, 0.15) is 4.88 Å². The van der Waals surface area contributed by atoms with E-state index in [0.29, 0.717) is 0 Å². The van der Waals surface area contributed by atoms with E-state index in [4.69, 9.17) is 11.0 Å². The van der Waals surface area contributed by atoms with Crippen LogP contribution in [0.2, 0.25) is 0 Å². The van der Waals surface area contributed by atoms with Gasteiger partial charge in [0.05, 0.1) is 0 Å². The van der Waals surface area contributed by atoms with Crippen molar-refractivity contribution < 1.29 is 0 Å². The fourth-order valence-electron chi connectivity index (χ4n) is 1.12. The lowest BCUT2D eigenvalue weighted by atomic mass is 10.2. The summed E-state index contributed by atoms with van der Waals surface area (Å²) in [4.78, 5) is 0.732. The van der Waals surface area contributed by atoms with E-state index in [2.05, 4.69) is 6.07 Å². The van der Waals surface area contributed by atoms with Gasteiger partial charge in [-0.15, -0.1) is 11.3 Å². The Balaban J connectivity index is 2.77. The first-order valence-electron chi connectivity index (χ1n) is 3.49. The summed E-state index contributed by atoms with van der Waals surface area (Å²) in [5, 5.41) is 9.69. The van der Waals surface area contributed by atoms with Crippen LogP contribution < -0.4 is 5.73 Å². The fourth-order valence-corrected chi connectivity index (χ4v) is 1.96. The molecular formula is C9H6N2S. The second kappa shape index (κ2) is 2.50. The van der Waals surface area contributed by atoms with Crippen LogP contribution >= 0.6 is 11.3 Å². The minimum absolute atomic E-state index is 0.732. The molecule has 0 bridgehead atoms. The van der Waals surface area contributed by atoms with Gasteiger partial charge in [0.15, 0.2) is 0 Å². The molecule has 12 heavy (non-hydrogen) atoms. The van der Waals surface area contributed by atoms with Crippen molar-refractivity contribution in [2.45, 2.75) is 0 Å². The molecular weight excluding hydrogens is 168 g/mol. The second-order valence-electron chi connectivity index (χ2n) is 2.52. The van der Waals surface area contributed by atoms with Gasteiger partial charge in [0.25, 0.3) is 0 Å². The van der Waals surface area contributed by atoms with Crippen molar-refractivity contribution in [1.29, 1.82) is 5.26 Å². The molecule has 0 saturated heterocycles. The lowest BCUT2D eigenvalue weighted by molar-refractivity contribution is 1.52. The van der Waals surface area contributed by atoms with Crippen LogP contribution in [0.25, 0.3) is 10.1 Å². The first-order valence-corrected chi connectivity index (χ1v) is 4.30. The summed E-state index contributed by atoms with van der Waals surface area (Å²) < 4.78 is 1.11. The first-order chi connectivity index (χ1) is 5.79. The molecule has 0 spiro atoms. The number of benzene rings is 1. The molecule has 3 heteroatoms. The zero-order valence-electron chi connectivity index (χ0n) is 6.24. The van der Waals surface area contributed by atoms with Gasteiger partial charge in [0.1, 0.15) is 10.9 Å². The molecule has 2 rings (SSSR count). The molecule has 1 heterocycles. The Hall–Kier alpha value is -1.53. The van der Waals surface area contributed by atoms with Crippen LogP contribution in [0, 0.1) is 11.3 Å². The molecule has 0 unspecified atom stereocenters. The quantitative estimate of drug-likeness (QED) is 0.623. The summed E-state index contributed by atoms with van der Waals surface area (Å²) in [7, 11) is 0. The van der Waals surface area contributed by atoms with Crippen molar-refractivity contribution in [3.05, 3.63) is 29.1 Å². The first kappa shape index (κ1) is 7.14. The predicted molar refractivity (Wildman–Crippen MR) is 51.0 cm³/mol. The molecule has 2 aromatic rings. The molecule has 0 fully saturated rings. The van der Waals surface area contributed by atoms with Crippen molar-refractivity contribution in [3.8, 4) is 6.07 Å². The summed E-state index contributed by atoms with van der Waals surface area (Å²) in [5.41, 5.74) is 6.34. The van der Waals surface area contributed by atoms with Crippen molar-refractivity contribution in [2.75, 3.05) is 5.73 Å². The highest BCUT2D eigenvalue weighted by molar-refractivity contribution is 7.19. The van der Waals surface area contributed by atoms with Crippen molar-refractivity contribution in [2.24, 2.45) is 0 Å². The normalized spacial score (nSPS) is 9.92. The minimum atomic E-state index is 0.732. The Morgan fingerprint density at radius 3 is 2.92 bits per heavy atom. The maximum atomic E-state index is 8.64. The van der Waals surface area contributed by atoms with Crippen molar-refractivity contribution in [1.82, 2.24) is 0 Å². The van der Waals surface area contributed by atoms with Crippen LogP contribution in [0.3, 0.4) is 0 Å². The number of thiophene rings is 1. The van der Waals surface area contributed by atoms with Gasteiger partial charge in [-0.05, 0) is 29.7 Å². The molecule has 0 aliphatic heterocycles. The van der Waals surface area contributed by atoms with E-state index in [1.807, 2.05) is 24.3 Å². The number of nitrogens with two attached hydrogens (primary N) is 1. The van der Waals surface area contributed by atoms with Crippen molar-refractivity contribution >= 4 is 27.1 Å². The number of hydrogen-bond donors (Lipinski definition) is 1. The fraction of sp³-hybridized carbons (Fsp3) is 0. The Bertz CT molecular complexity index is 465. The van der Waals surface area contributed by atoms with Crippen LogP contribution in [0.5, 0.6) is 0 Å². The second-order valence-corrected chi connectivity index (χ2v) is 3.60. The van der Waals surface area contributed by atoms with Gasteiger partial charge in [0, 0.05) is 10.4 Å². The minimum Gasteiger partial charge on any atom is -0.399 e. The third kappa shape index (κ3) is 1.03. The molecule has 1 aromatic heterocycles. The lowest BCUT2D eigenvalue weighted by Gasteiger charge is -1.90. The van der Waals surface area contributed by atoms with Crippen LogP contribution in [-0.4, -0.2) is 0 Å². The number of nitrogen functional groups attached to an aromatic ring is 1. The maximum absolute atomic E-state index is 8.64. The van der Waals surface area contributed by atoms with E-state index < -0.39 is 0 Å². The molecule has 0 aliphatic carbocycles. The van der Waals surface area contributed by atoms with Crippen molar-refractivity contribution in [3.63, 3.8) is 0 Å². The molecule has 0 amide bonds. The molecule has 58 valence electrons. The SMILES string of the molecule is N#Cc1cc2cc(N)ccc2s1. The Morgan fingerprint density at radius 2 is 2.17 bits per heavy atom. The van der Waals surface area contributed by atoms with E-state index in [-0.39, 0.29) is 0 Å². The van der Waals surface area contributed by atoms with Gasteiger partial charge < -0.3 is 5.73 Å². The number of fused-ring (bicyclic) bond motifs is 1. The Kier molecular flexibility index (Phi) is 1.49. The number of nitrogens with zero attached hydrogens (tertiary/aromatic N) is 1. The van der Waals surface area contributed by atoms with Crippen LogP contribution in [-0.2, 0) is 0 Å². The Labute approximate surface area is 73.9 Å². The van der Waals surface area contributed by atoms with Gasteiger partial charge in [-0.1, -0.05) is 0 Å². The summed E-state index contributed by atoms with van der Waals surface area (Å²) in [6.45, 7) is 0. The average molecular weight is 174 g/mol. The average Bonchev–Trinajstić information content (AvgIpc) is 2.46. The molecule has 2 nitrogen and oxygen atoms in total. The number of nitriles is 1. The van der Waals surface area contributed by atoms with Gasteiger partial charge in [0.2, 0.25) is 0 Å². The summed E-state index contributed by atoms with van der Waals surface area (Å²) in [5.74, 6) is 0. The molecule has 0 saturated carbocycles. The van der Waals surface area contributed by atoms with E-state index in [9.17, 15) is 0 Å². The molecule has 1 aromatic carbocycles. The standard InChI is InChI=1S/C9H6N2S/c10-5-8-4-6-3-7(11)1-2-9(6)12-8/h1-4H,11H2. The van der Waals surface area contributed by atoms with Gasteiger partial charge in [-0.3, -0.25) is 0 Å². The highest BCUT2D eigenvalue weighted by Crippen LogP contribution is 2.26.